The molecule has 2 atom stereocenters. The van der Waals surface area contributed by atoms with E-state index in [0.717, 1.165) is 5.56 Å². The third-order valence-corrected chi connectivity index (χ3v) is 4.96. The van der Waals surface area contributed by atoms with Gasteiger partial charge in [0.05, 0.1) is 0 Å². The molecule has 6 N–H and O–H groups in total. The Morgan fingerprint density at radius 3 is 2.23 bits per heavy atom. The van der Waals surface area contributed by atoms with Crippen molar-refractivity contribution in [3.05, 3.63) is 29.8 Å². The molecular weight excluding hydrogens is 420 g/mol. The number of primary amides is 1. The first kappa shape index (κ1) is 26.3. The standard InChI is InChI=1S/C21H32N4O5S/c1-2-18(27)24-16(12-14-7-9-15(26)10-8-14)21(30)23-11-5-3-4-6-19(28)25-17(13-31)20(22)29/h7-10,16-17,26,31H,2-6,11-13H2,1H3,(H2,22,29)(H,23,30)(H,24,27)(H,25,28). The Hall–Kier alpha value is -2.75. The van der Waals surface area contributed by atoms with Gasteiger partial charge in [0.2, 0.25) is 23.6 Å². The first-order valence-corrected chi connectivity index (χ1v) is 10.9. The van der Waals surface area contributed by atoms with Crippen LogP contribution in [-0.4, -0.2) is 53.1 Å². The number of carbonyl (C=O) groups excluding carboxylic acids is 4. The topological polar surface area (TPSA) is 151 Å². The number of hydrogen-bond donors (Lipinski definition) is 6. The maximum absolute atomic E-state index is 12.5. The maximum Gasteiger partial charge on any atom is 0.242 e. The number of benzene rings is 1. The Morgan fingerprint density at radius 1 is 1.00 bits per heavy atom. The van der Waals surface area contributed by atoms with Crippen LogP contribution in [0.15, 0.2) is 24.3 Å². The lowest BCUT2D eigenvalue weighted by atomic mass is 10.0. The fraction of sp³-hybridized carbons (Fsp3) is 0.524. The summed E-state index contributed by atoms with van der Waals surface area (Å²) in [7, 11) is 0. The zero-order valence-electron chi connectivity index (χ0n) is 17.7. The second-order valence-corrected chi connectivity index (χ2v) is 7.52. The van der Waals surface area contributed by atoms with Gasteiger partial charge in [-0.05, 0) is 30.5 Å². The van der Waals surface area contributed by atoms with Gasteiger partial charge in [-0.2, -0.15) is 12.6 Å². The Balaban J connectivity index is 2.39. The van der Waals surface area contributed by atoms with Gasteiger partial charge < -0.3 is 26.8 Å². The van der Waals surface area contributed by atoms with Crippen molar-refractivity contribution in [1.29, 1.82) is 0 Å². The first-order valence-electron chi connectivity index (χ1n) is 10.3. The van der Waals surface area contributed by atoms with Crippen molar-refractivity contribution in [2.45, 2.75) is 57.5 Å². The molecule has 0 heterocycles. The van der Waals surface area contributed by atoms with Gasteiger partial charge in [-0.25, -0.2) is 0 Å². The van der Waals surface area contributed by atoms with E-state index in [9.17, 15) is 24.3 Å². The molecule has 1 aromatic rings. The van der Waals surface area contributed by atoms with Gasteiger partial charge in [-0.1, -0.05) is 25.5 Å². The van der Waals surface area contributed by atoms with Crippen LogP contribution in [-0.2, 0) is 25.6 Å². The van der Waals surface area contributed by atoms with E-state index in [2.05, 4.69) is 28.6 Å². The lowest BCUT2D eigenvalue weighted by Crippen LogP contribution is -2.48. The Labute approximate surface area is 187 Å². The van der Waals surface area contributed by atoms with Gasteiger partial charge in [-0.15, -0.1) is 0 Å². The SMILES string of the molecule is CCC(=O)NC(Cc1ccc(O)cc1)C(=O)NCCCCCC(=O)NC(CS)C(N)=O. The summed E-state index contributed by atoms with van der Waals surface area (Å²) in [4.78, 5) is 47.2. The minimum Gasteiger partial charge on any atom is -0.508 e. The summed E-state index contributed by atoms with van der Waals surface area (Å²) in [6.45, 7) is 2.12. The van der Waals surface area contributed by atoms with Crippen LogP contribution < -0.4 is 21.7 Å². The molecule has 0 fully saturated rings. The van der Waals surface area contributed by atoms with Crippen LogP contribution in [0.2, 0.25) is 0 Å². The average molecular weight is 453 g/mol. The molecule has 0 saturated heterocycles. The summed E-state index contributed by atoms with van der Waals surface area (Å²) >= 11 is 3.97. The number of amides is 4. The van der Waals surface area contributed by atoms with Gasteiger partial charge in [0.1, 0.15) is 17.8 Å². The highest BCUT2D eigenvalue weighted by molar-refractivity contribution is 7.80. The highest BCUT2D eigenvalue weighted by atomic mass is 32.1. The Morgan fingerprint density at radius 2 is 1.65 bits per heavy atom. The maximum atomic E-state index is 12.5. The summed E-state index contributed by atoms with van der Waals surface area (Å²) in [6.07, 6.45) is 2.80. The molecule has 0 bridgehead atoms. The van der Waals surface area contributed by atoms with Gasteiger partial charge in [0.25, 0.3) is 0 Å². The van der Waals surface area contributed by atoms with Crippen LogP contribution in [0.5, 0.6) is 5.75 Å². The monoisotopic (exact) mass is 452 g/mol. The second kappa shape index (κ2) is 14.3. The number of nitrogens with two attached hydrogens (primary N) is 1. The van der Waals surface area contributed by atoms with Crippen LogP contribution in [0.1, 0.15) is 44.6 Å². The number of carbonyl (C=O) groups is 4. The number of nitrogens with one attached hydrogen (secondary N) is 3. The molecule has 0 aliphatic carbocycles. The first-order chi connectivity index (χ1) is 14.8. The predicted octanol–water partition coefficient (Wildman–Crippen LogP) is 0.406. The van der Waals surface area contributed by atoms with Crippen LogP contribution >= 0.6 is 12.6 Å². The van der Waals surface area contributed by atoms with E-state index in [1.165, 1.54) is 12.1 Å². The van der Waals surface area contributed by atoms with Crippen molar-refractivity contribution >= 4 is 36.3 Å². The van der Waals surface area contributed by atoms with Gasteiger partial charge >= 0.3 is 0 Å². The highest BCUT2D eigenvalue weighted by Gasteiger charge is 2.20. The molecule has 0 aromatic heterocycles. The van der Waals surface area contributed by atoms with Crippen molar-refractivity contribution in [2.75, 3.05) is 12.3 Å². The van der Waals surface area contributed by atoms with Crippen molar-refractivity contribution in [1.82, 2.24) is 16.0 Å². The number of aromatic hydroxyl groups is 1. The van der Waals surface area contributed by atoms with Crippen LogP contribution in [0.3, 0.4) is 0 Å². The van der Waals surface area contributed by atoms with Crippen LogP contribution in [0, 0.1) is 0 Å². The minimum absolute atomic E-state index is 0.131. The summed E-state index contributed by atoms with van der Waals surface area (Å²) in [6, 6.07) is 4.98. The molecule has 4 amide bonds. The molecule has 0 aliphatic heterocycles. The molecule has 0 radical (unpaired) electrons. The van der Waals surface area contributed by atoms with E-state index in [0.29, 0.717) is 32.2 Å². The molecule has 0 spiro atoms. The number of hydrogen-bond acceptors (Lipinski definition) is 6. The van der Waals surface area contributed by atoms with Crippen molar-refractivity contribution in [3.63, 3.8) is 0 Å². The molecule has 31 heavy (non-hydrogen) atoms. The van der Waals surface area contributed by atoms with Crippen molar-refractivity contribution in [3.8, 4) is 5.75 Å². The zero-order valence-corrected chi connectivity index (χ0v) is 18.6. The number of rotatable bonds is 14. The molecule has 0 saturated carbocycles. The smallest absolute Gasteiger partial charge is 0.242 e. The third-order valence-electron chi connectivity index (χ3n) is 4.59. The highest BCUT2D eigenvalue weighted by Crippen LogP contribution is 2.11. The second-order valence-electron chi connectivity index (χ2n) is 7.15. The molecule has 9 nitrogen and oxygen atoms in total. The van der Waals surface area contributed by atoms with E-state index in [-0.39, 0.29) is 42.1 Å². The minimum atomic E-state index is -0.779. The lowest BCUT2D eigenvalue weighted by molar-refractivity contribution is -0.128. The molecule has 1 aromatic carbocycles. The number of thiol groups is 1. The van der Waals surface area contributed by atoms with E-state index in [1.807, 2.05) is 0 Å². The molecule has 1 rings (SSSR count). The van der Waals surface area contributed by atoms with E-state index >= 15 is 0 Å². The van der Waals surface area contributed by atoms with Gasteiger partial charge in [0.15, 0.2) is 0 Å². The fourth-order valence-electron chi connectivity index (χ4n) is 2.77. The van der Waals surface area contributed by atoms with Gasteiger partial charge in [-0.3, -0.25) is 19.2 Å². The number of phenols is 1. The lowest BCUT2D eigenvalue weighted by Gasteiger charge is -2.18. The summed E-state index contributed by atoms with van der Waals surface area (Å²) in [5, 5.41) is 17.4. The number of phenolic OH excluding ortho intramolecular Hbond substituents is 1. The predicted molar refractivity (Wildman–Crippen MR) is 120 cm³/mol. The third kappa shape index (κ3) is 10.7. The average Bonchev–Trinajstić information content (AvgIpc) is 2.74. The fourth-order valence-corrected chi connectivity index (χ4v) is 3.04. The quantitative estimate of drug-likeness (QED) is 0.178. The van der Waals surface area contributed by atoms with E-state index in [4.69, 9.17) is 5.73 Å². The zero-order chi connectivity index (χ0) is 23.2. The molecule has 172 valence electrons. The van der Waals surface area contributed by atoms with Gasteiger partial charge in [0, 0.05) is 31.6 Å². The summed E-state index contributed by atoms with van der Waals surface area (Å²) < 4.78 is 0. The summed E-state index contributed by atoms with van der Waals surface area (Å²) in [5.74, 6) is -1.12. The Bertz CT molecular complexity index is 742. The largest absolute Gasteiger partial charge is 0.508 e. The Kier molecular flexibility index (Phi) is 12.1. The molecule has 0 aliphatic rings. The van der Waals surface area contributed by atoms with Crippen LogP contribution in [0.25, 0.3) is 0 Å². The molecule has 10 heteroatoms. The normalized spacial score (nSPS) is 12.5. The van der Waals surface area contributed by atoms with Crippen molar-refractivity contribution < 1.29 is 24.3 Å². The molecule has 2 unspecified atom stereocenters. The number of unbranched alkanes of at least 4 members (excludes halogenated alkanes) is 2. The van der Waals surface area contributed by atoms with Crippen molar-refractivity contribution in [2.24, 2.45) is 5.73 Å². The van der Waals surface area contributed by atoms with E-state index < -0.39 is 18.0 Å². The van der Waals surface area contributed by atoms with Crippen LogP contribution in [0.4, 0.5) is 0 Å². The summed E-state index contributed by atoms with van der Waals surface area (Å²) in [5.41, 5.74) is 5.97. The molecular formula is C21H32N4O5S. The van der Waals surface area contributed by atoms with E-state index in [1.54, 1.807) is 19.1 Å².